The first-order chi connectivity index (χ1) is 43.5. The number of carbonyl (C=O) groups is 5. The third kappa shape index (κ3) is 12.6. The minimum absolute atomic E-state index is 0.0298. The van der Waals surface area contributed by atoms with Crippen molar-refractivity contribution in [3.8, 4) is 11.5 Å². The van der Waals surface area contributed by atoms with Crippen molar-refractivity contribution in [1.29, 1.82) is 0 Å². The van der Waals surface area contributed by atoms with Gasteiger partial charge in [0.05, 0.1) is 48.5 Å². The molecule has 2 amide bonds. The summed E-state index contributed by atoms with van der Waals surface area (Å²) in [6.07, 6.45) is -14.1. The number of amides is 2. The highest BCUT2D eigenvalue weighted by atomic mass is 16.8. The van der Waals surface area contributed by atoms with Gasteiger partial charge < -0.3 is 99.7 Å². The predicted octanol–water partition coefficient (Wildman–Crippen LogP) is 3.17. The summed E-state index contributed by atoms with van der Waals surface area (Å²) in [5, 5.41) is 118. The van der Waals surface area contributed by atoms with Gasteiger partial charge in [0, 0.05) is 18.5 Å². The first-order valence-electron chi connectivity index (χ1n) is 32.8. The molecule has 510 valence electrons. The molecule has 24 atom stereocenters. The van der Waals surface area contributed by atoms with Gasteiger partial charge in [0.25, 0.3) is 5.91 Å². The number of esters is 1. The van der Waals surface area contributed by atoms with Crippen molar-refractivity contribution in [2.45, 2.75) is 237 Å². The zero-order valence-corrected chi connectivity index (χ0v) is 53.6. The van der Waals surface area contributed by atoms with Gasteiger partial charge in [-0.1, -0.05) is 77.8 Å². The number of aliphatic hydroxyl groups is 9. The van der Waals surface area contributed by atoms with Gasteiger partial charge in [-0.15, -0.1) is 0 Å². The van der Waals surface area contributed by atoms with Gasteiger partial charge in [-0.2, -0.15) is 0 Å². The number of phenolic OH excluding ortho intramolecular Hbond substituents is 1. The fourth-order valence-electron chi connectivity index (χ4n) is 17.7. The Morgan fingerprint density at radius 2 is 1.46 bits per heavy atom. The summed E-state index contributed by atoms with van der Waals surface area (Å²) in [6, 6.07) is 9.72. The van der Waals surface area contributed by atoms with Crippen molar-refractivity contribution < 1.29 is 108 Å². The molecule has 4 saturated carbocycles. The van der Waals surface area contributed by atoms with Crippen LogP contribution in [-0.4, -0.2) is 199 Å². The number of rotatable bonds is 20. The number of allylic oxidation sites excluding steroid dienone is 2. The second-order valence-corrected chi connectivity index (χ2v) is 29.2. The average molecular weight is 1290 g/mol. The largest absolute Gasteiger partial charge is 0.507 e. The Balaban J connectivity index is 0.840. The van der Waals surface area contributed by atoms with E-state index in [4.69, 9.17) is 33.2 Å². The quantitative estimate of drug-likeness (QED) is 0.0392. The van der Waals surface area contributed by atoms with Crippen LogP contribution in [0.4, 0.5) is 0 Å². The Morgan fingerprint density at radius 1 is 0.739 bits per heavy atom. The third-order valence-electron chi connectivity index (χ3n) is 23.4. The Kier molecular flexibility index (Phi) is 20.7. The zero-order valence-electron chi connectivity index (χ0n) is 53.6. The predicted molar refractivity (Wildman–Crippen MR) is 326 cm³/mol. The molecule has 10 rings (SSSR count). The summed E-state index contributed by atoms with van der Waals surface area (Å²) < 4.78 is 42.3. The summed E-state index contributed by atoms with van der Waals surface area (Å²) in [5.74, 6) is -2.27. The van der Waals surface area contributed by atoms with Crippen molar-refractivity contribution in [1.82, 2.24) is 10.6 Å². The van der Waals surface area contributed by atoms with Crippen molar-refractivity contribution in [3.63, 3.8) is 0 Å². The van der Waals surface area contributed by atoms with E-state index in [0.717, 1.165) is 24.7 Å². The topological polar surface area (TPSA) is 376 Å². The van der Waals surface area contributed by atoms with Gasteiger partial charge >= 0.3 is 5.97 Å². The van der Waals surface area contributed by atoms with Crippen LogP contribution in [0.3, 0.4) is 0 Å². The lowest BCUT2D eigenvalue weighted by Gasteiger charge is -2.71. The lowest BCUT2D eigenvalue weighted by molar-refractivity contribution is -0.370. The van der Waals surface area contributed by atoms with E-state index in [1.165, 1.54) is 13.0 Å². The van der Waals surface area contributed by atoms with Crippen LogP contribution >= 0.6 is 0 Å². The molecule has 24 heteroatoms. The number of carbonyl (C=O) groups excluding carboxylic acids is 5. The third-order valence-corrected chi connectivity index (χ3v) is 23.4. The standard InChI is InChI=1S/C68H96N2O22/c1-35-56(90-59-54(82)51(79)42(75)33-87-59)53(81)55(83)60(88-35)91-57-52(80)50(70-49(78)14-9-8-10-27-69-58(84)37-17-15-36(16-18-37)32-86-43-13-11-12-41(74)38(43)30-71)44(31-72)89-61(57)92-62(85)68-26-25-63(2,3)28-40(68)39-19-20-46-64(4)23-22-47(76)65(5,34-73)45(64)21-24-66(46,6)67(39,7)29-48(68)77/h11-13,15-19,30,34-35,40,42,44-48,50-57,59-61,72,74-77,79-83H,8-10,14,20-29,31-33H2,1-7H3,(H,69,84)(H,70,78)/t35?,40?,42-,44?,45-,46?,47+,48+,50+,51?,52?,53?,54?,55?,56+,57?,59+,60+,61+,64?,65?,66?,67-,68-/m1/s1. The number of aromatic hydroxyl groups is 1. The van der Waals surface area contributed by atoms with Gasteiger partial charge in [-0.3, -0.25) is 19.2 Å². The number of nitrogens with one attached hydrogen (secondary N) is 2. The van der Waals surface area contributed by atoms with Crippen LogP contribution in [0.1, 0.15) is 158 Å². The van der Waals surface area contributed by atoms with E-state index in [1.54, 1.807) is 36.4 Å². The summed E-state index contributed by atoms with van der Waals surface area (Å²) in [6.45, 7) is 13.5. The van der Waals surface area contributed by atoms with Gasteiger partial charge in [0.1, 0.15) is 78.6 Å². The normalized spacial score (nSPS) is 42.3. The molecule has 13 unspecified atom stereocenters. The second-order valence-electron chi connectivity index (χ2n) is 29.2. The van der Waals surface area contributed by atoms with Crippen LogP contribution in [0, 0.1) is 50.2 Å². The molecular weight excluding hydrogens is 1200 g/mol. The summed E-state index contributed by atoms with van der Waals surface area (Å²) in [5.41, 5.74) is -1.94. The summed E-state index contributed by atoms with van der Waals surface area (Å²) in [4.78, 5) is 66.9. The number of ether oxygens (including phenoxy) is 7. The molecule has 0 spiro atoms. The number of hydrogen-bond donors (Lipinski definition) is 12. The lowest BCUT2D eigenvalue weighted by atomic mass is 9.33. The van der Waals surface area contributed by atoms with Crippen LogP contribution in [0.5, 0.6) is 11.5 Å². The monoisotopic (exact) mass is 1290 g/mol. The Hall–Kier alpha value is -5.03. The summed E-state index contributed by atoms with van der Waals surface area (Å²) in [7, 11) is 0. The van der Waals surface area contributed by atoms with Crippen molar-refractivity contribution in [2.24, 2.45) is 50.2 Å². The number of hydrogen-bond acceptors (Lipinski definition) is 22. The zero-order chi connectivity index (χ0) is 66.6. The molecule has 24 nitrogen and oxygen atoms in total. The van der Waals surface area contributed by atoms with Gasteiger partial charge in [-0.25, -0.2) is 0 Å². The number of unbranched alkanes of at least 4 members (excludes halogenated alkanes) is 2. The molecule has 0 radical (unpaired) electrons. The summed E-state index contributed by atoms with van der Waals surface area (Å²) >= 11 is 0. The molecule has 7 fully saturated rings. The molecule has 3 heterocycles. The van der Waals surface area contributed by atoms with Crippen LogP contribution in [0.15, 0.2) is 54.1 Å². The molecule has 12 N–H and O–H groups in total. The molecular formula is C68H96N2O22. The smallest absolute Gasteiger partial charge is 0.317 e. The molecule has 0 aromatic heterocycles. The first-order valence-corrected chi connectivity index (χ1v) is 32.8. The van der Waals surface area contributed by atoms with Crippen molar-refractivity contribution >= 4 is 30.4 Å². The van der Waals surface area contributed by atoms with E-state index in [9.17, 15) is 70.2 Å². The number of benzene rings is 2. The van der Waals surface area contributed by atoms with Crippen LogP contribution in [-0.2, 0) is 49.4 Å². The fourth-order valence-corrected chi connectivity index (χ4v) is 17.7. The van der Waals surface area contributed by atoms with Crippen molar-refractivity contribution in [3.05, 3.63) is 70.8 Å². The van der Waals surface area contributed by atoms with Gasteiger partial charge in [0.2, 0.25) is 12.2 Å². The lowest BCUT2D eigenvalue weighted by Crippen LogP contribution is -2.69. The minimum atomic E-state index is -1.99. The maximum absolute atomic E-state index is 15.8. The van der Waals surface area contributed by atoms with E-state index < -0.39 is 151 Å². The first kappa shape index (κ1) is 69.8. The second kappa shape index (κ2) is 27.2. The number of fused-ring (bicyclic) bond motifs is 7. The highest BCUT2D eigenvalue weighted by Crippen LogP contribution is 2.76. The molecule has 3 aliphatic heterocycles. The molecule has 0 bridgehead atoms. The number of aldehydes is 2. The highest BCUT2D eigenvalue weighted by Gasteiger charge is 2.72. The van der Waals surface area contributed by atoms with Gasteiger partial charge in [-0.05, 0) is 147 Å². The van der Waals surface area contributed by atoms with E-state index >= 15 is 4.79 Å². The maximum atomic E-state index is 15.8. The molecule has 8 aliphatic rings. The minimum Gasteiger partial charge on any atom is -0.507 e. The Morgan fingerprint density at radius 3 is 2.16 bits per heavy atom. The molecule has 92 heavy (non-hydrogen) atoms. The van der Waals surface area contributed by atoms with Crippen molar-refractivity contribution in [2.75, 3.05) is 19.8 Å². The molecule has 3 saturated heterocycles. The average Bonchev–Trinajstić information content (AvgIpc) is 0.673. The number of aliphatic hydroxyl groups excluding tert-OH is 9. The molecule has 5 aliphatic carbocycles. The van der Waals surface area contributed by atoms with E-state index in [2.05, 4.69) is 51.3 Å². The Bertz CT molecular complexity index is 3020. The molecule has 2 aromatic rings. The van der Waals surface area contributed by atoms with E-state index in [0.29, 0.717) is 68.8 Å². The maximum Gasteiger partial charge on any atom is 0.317 e. The molecule has 2 aromatic carbocycles. The van der Waals surface area contributed by atoms with Crippen LogP contribution in [0.2, 0.25) is 0 Å². The Labute approximate surface area is 536 Å². The SMILES string of the molecule is CC1O[C@@H](OC2C(O)[C@@H](NC(=O)CCCCCNC(=O)c3ccc(COc4cccc(O)c4C=O)cc3)C(CO)O[C@H]2OC(=O)[C@]23CCC(C)(C)CC2C2=CCC4C5(C)CC[C@H](O)C(C)(C=O)[C@@H]5CCC4(C)[C@]2(C)C[C@@H]3O)C(O)C(O)[C@H]1O[C@@H]1OC[C@@H](O)C(O)C1O. The van der Waals surface area contributed by atoms with Crippen LogP contribution < -0.4 is 15.4 Å². The number of phenols is 1. The highest BCUT2D eigenvalue weighted by molar-refractivity contribution is 5.94. The van der Waals surface area contributed by atoms with E-state index in [1.807, 2.05) is 6.92 Å². The fraction of sp³-hybridized carbons (Fsp3) is 0.721. The van der Waals surface area contributed by atoms with Gasteiger partial charge in [0.15, 0.2) is 25.0 Å². The van der Waals surface area contributed by atoms with Crippen LogP contribution in [0.25, 0.3) is 0 Å². The van der Waals surface area contributed by atoms with E-state index in [-0.39, 0.29) is 78.0 Å².